The summed E-state index contributed by atoms with van der Waals surface area (Å²) in [5, 5.41) is 2.80. The van der Waals surface area contributed by atoms with E-state index in [0.29, 0.717) is 20.6 Å². The van der Waals surface area contributed by atoms with Crippen LogP contribution in [0.15, 0.2) is 69.0 Å². The maximum Gasteiger partial charge on any atom is 0.338 e. The van der Waals surface area contributed by atoms with E-state index in [4.69, 9.17) is 10.5 Å². The molecule has 3 aromatic heterocycles. The van der Waals surface area contributed by atoms with Crippen LogP contribution in [0.25, 0.3) is 17.0 Å². The summed E-state index contributed by atoms with van der Waals surface area (Å²) in [6.45, 7) is 1.79. The average molecular weight is 493 g/mol. The first-order valence-electron chi connectivity index (χ1n) is 10.4. The maximum absolute atomic E-state index is 13.6. The molecule has 0 fully saturated rings. The first-order valence-corrected chi connectivity index (χ1v) is 12.1. The normalized spacial score (nSPS) is 15.9. The number of benzene rings is 1. The van der Waals surface area contributed by atoms with Crippen LogP contribution in [-0.2, 0) is 20.9 Å². The van der Waals surface area contributed by atoms with Crippen LogP contribution < -0.4 is 20.6 Å². The van der Waals surface area contributed by atoms with Crippen molar-refractivity contribution in [1.29, 1.82) is 0 Å². The molecule has 1 atom stereocenters. The number of esters is 1. The highest BCUT2D eigenvalue weighted by molar-refractivity contribution is 7.10. The SMILES string of the molecule is COC(=O)C1=C(C)N=c2s/c(=C\c3cn(CC(N)=O)c4ccccc34)c(=O)n2C1c1cccs1. The summed E-state index contributed by atoms with van der Waals surface area (Å²) in [6.07, 6.45) is 3.61. The third-order valence-electron chi connectivity index (χ3n) is 5.67. The molecule has 172 valence electrons. The standard InChI is InChI=1S/C24H20N4O4S2/c1-13-20(23(31)32-2)21(17-8-5-9-33-17)28-22(30)18(34-24(28)26-13)10-14-11-27(12-19(25)29)16-7-4-3-6-15(14)16/h3-11,21H,12H2,1-2H3,(H2,25,29)/b18-10-. The second-order valence-electron chi connectivity index (χ2n) is 7.78. The lowest BCUT2D eigenvalue weighted by Crippen LogP contribution is -2.39. The molecule has 0 saturated heterocycles. The van der Waals surface area contributed by atoms with Gasteiger partial charge in [-0.1, -0.05) is 35.6 Å². The van der Waals surface area contributed by atoms with E-state index in [1.807, 2.05) is 48.0 Å². The van der Waals surface area contributed by atoms with Crippen molar-refractivity contribution in [2.45, 2.75) is 19.5 Å². The highest BCUT2D eigenvalue weighted by Gasteiger charge is 2.33. The van der Waals surface area contributed by atoms with Crippen molar-refractivity contribution in [3.63, 3.8) is 0 Å². The van der Waals surface area contributed by atoms with Crippen LogP contribution in [0.5, 0.6) is 0 Å². The zero-order valence-electron chi connectivity index (χ0n) is 18.3. The number of nitrogens with two attached hydrogens (primary N) is 1. The molecule has 0 spiro atoms. The average Bonchev–Trinajstić information content (AvgIpc) is 3.52. The summed E-state index contributed by atoms with van der Waals surface area (Å²) in [4.78, 5) is 43.8. The molecule has 4 aromatic rings. The lowest BCUT2D eigenvalue weighted by molar-refractivity contribution is -0.136. The molecule has 5 rings (SSSR count). The predicted octanol–water partition coefficient (Wildman–Crippen LogP) is 1.91. The quantitative estimate of drug-likeness (QED) is 0.429. The fraction of sp³-hybridized carbons (Fsp3) is 0.167. The largest absolute Gasteiger partial charge is 0.466 e. The summed E-state index contributed by atoms with van der Waals surface area (Å²) >= 11 is 2.72. The molecule has 0 radical (unpaired) electrons. The van der Waals surface area contributed by atoms with Crippen molar-refractivity contribution in [3.05, 3.63) is 89.4 Å². The van der Waals surface area contributed by atoms with Crippen molar-refractivity contribution in [1.82, 2.24) is 9.13 Å². The Morgan fingerprint density at radius 2 is 2.03 bits per heavy atom. The summed E-state index contributed by atoms with van der Waals surface area (Å²) in [7, 11) is 1.32. The molecule has 10 heteroatoms. The van der Waals surface area contributed by atoms with E-state index in [0.717, 1.165) is 21.3 Å². The lowest BCUT2D eigenvalue weighted by atomic mass is 10.0. The number of hydrogen-bond donors (Lipinski definition) is 1. The summed E-state index contributed by atoms with van der Waals surface area (Å²) in [5.74, 6) is -0.961. The zero-order valence-corrected chi connectivity index (χ0v) is 20.0. The Labute approximate surface area is 201 Å². The molecule has 1 amide bonds. The molecule has 0 aliphatic carbocycles. The van der Waals surface area contributed by atoms with Crippen molar-refractivity contribution >= 4 is 51.5 Å². The Morgan fingerprint density at radius 1 is 1.24 bits per heavy atom. The summed E-state index contributed by atoms with van der Waals surface area (Å²) in [5.41, 5.74) is 7.68. The maximum atomic E-state index is 13.6. The van der Waals surface area contributed by atoms with Gasteiger partial charge < -0.3 is 15.0 Å². The third-order valence-corrected chi connectivity index (χ3v) is 7.58. The van der Waals surface area contributed by atoms with Crippen LogP contribution in [0.2, 0.25) is 0 Å². The smallest absolute Gasteiger partial charge is 0.338 e. The number of para-hydroxylation sites is 1. The number of thiophene rings is 1. The van der Waals surface area contributed by atoms with Gasteiger partial charge in [0.25, 0.3) is 5.56 Å². The van der Waals surface area contributed by atoms with E-state index in [-0.39, 0.29) is 12.1 Å². The molecule has 1 aliphatic heterocycles. The molecule has 8 nitrogen and oxygen atoms in total. The van der Waals surface area contributed by atoms with E-state index in [9.17, 15) is 14.4 Å². The molecular weight excluding hydrogens is 472 g/mol. The Morgan fingerprint density at radius 3 is 2.74 bits per heavy atom. The number of nitrogens with zero attached hydrogens (tertiary/aromatic N) is 3. The first-order chi connectivity index (χ1) is 16.4. The molecular formula is C24H20N4O4S2. The van der Waals surface area contributed by atoms with Gasteiger partial charge in [-0.15, -0.1) is 11.3 Å². The Balaban J connectivity index is 1.74. The van der Waals surface area contributed by atoms with Gasteiger partial charge in [0, 0.05) is 27.5 Å². The van der Waals surface area contributed by atoms with Gasteiger partial charge in [0.05, 0.1) is 22.9 Å². The molecule has 1 aromatic carbocycles. The molecule has 1 unspecified atom stereocenters. The van der Waals surface area contributed by atoms with Gasteiger partial charge in [-0.2, -0.15) is 0 Å². The third kappa shape index (κ3) is 3.61. The van der Waals surface area contributed by atoms with Gasteiger partial charge in [0.2, 0.25) is 5.91 Å². The fourth-order valence-corrected chi connectivity index (χ4v) is 6.10. The van der Waals surface area contributed by atoms with Crippen molar-refractivity contribution in [2.75, 3.05) is 7.11 Å². The van der Waals surface area contributed by atoms with E-state index < -0.39 is 17.9 Å². The van der Waals surface area contributed by atoms with Crippen molar-refractivity contribution in [2.24, 2.45) is 10.7 Å². The second kappa shape index (κ2) is 8.54. The van der Waals surface area contributed by atoms with Crippen LogP contribution in [0, 0.1) is 0 Å². The zero-order chi connectivity index (χ0) is 24.0. The number of rotatable bonds is 5. The molecule has 0 bridgehead atoms. The number of methoxy groups -OCH3 is 1. The Kier molecular flexibility index (Phi) is 5.54. The van der Waals surface area contributed by atoms with E-state index >= 15 is 0 Å². The van der Waals surface area contributed by atoms with Gasteiger partial charge in [-0.25, -0.2) is 9.79 Å². The van der Waals surface area contributed by atoms with E-state index in [2.05, 4.69) is 4.99 Å². The molecule has 1 aliphatic rings. The van der Waals surface area contributed by atoms with Crippen LogP contribution in [0.4, 0.5) is 0 Å². The number of thiazole rings is 1. The minimum atomic E-state index is -0.609. The van der Waals surface area contributed by atoms with Gasteiger partial charge >= 0.3 is 5.97 Å². The number of hydrogen-bond acceptors (Lipinski definition) is 7. The second-order valence-corrected chi connectivity index (χ2v) is 9.77. The Hall–Kier alpha value is -3.76. The molecule has 0 saturated carbocycles. The molecule has 2 N–H and O–H groups in total. The van der Waals surface area contributed by atoms with Crippen LogP contribution in [0.1, 0.15) is 23.4 Å². The summed E-state index contributed by atoms with van der Waals surface area (Å²) < 4.78 is 8.82. The number of fused-ring (bicyclic) bond motifs is 2. The number of amides is 1. The first kappa shape index (κ1) is 22.1. The van der Waals surface area contributed by atoms with Gasteiger partial charge in [0.15, 0.2) is 4.80 Å². The summed E-state index contributed by atoms with van der Waals surface area (Å²) in [6, 6.07) is 10.8. The number of carbonyl (C=O) groups excluding carboxylic acids is 2. The van der Waals surface area contributed by atoms with Crippen molar-refractivity contribution in [3.8, 4) is 0 Å². The minimum absolute atomic E-state index is 0.0374. The number of primary amides is 1. The van der Waals surface area contributed by atoms with Gasteiger partial charge in [0.1, 0.15) is 12.6 Å². The lowest BCUT2D eigenvalue weighted by Gasteiger charge is -2.22. The topological polar surface area (TPSA) is 109 Å². The number of carbonyl (C=O) groups is 2. The highest BCUT2D eigenvalue weighted by Crippen LogP contribution is 2.33. The van der Waals surface area contributed by atoms with Crippen LogP contribution >= 0.6 is 22.7 Å². The van der Waals surface area contributed by atoms with Gasteiger partial charge in [-0.05, 0) is 30.5 Å². The monoisotopic (exact) mass is 492 g/mol. The number of allylic oxidation sites excluding steroid dienone is 1. The van der Waals surface area contributed by atoms with Crippen molar-refractivity contribution < 1.29 is 14.3 Å². The van der Waals surface area contributed by atoms with Gasteiger partial charge in [-0.3, -0.25) is 14.2 Å². The van der Waals surface area contributed by atoms with E-state index in [1.54, 1.807) is 22.1 Å². The highest BCUT2D eigenvalue weighted by atomic mass is 32.1. The molecule has 4 heterocycles. The number of ether oxygens (including phenoxy) is 1. The van der Waals surface area contributed by atoms with Crippen LogP contribution in [0.3, 0.4) is 0 Å². The van der Waals surface area contributed by atoms with E-state index in [1.165, 1.54) is 29.8 Å². The number of aromatic nitrogens is 2. The van der Waals surface area contributed by atoms with Crippen LogP contribution in [-0.4, -0.2) is 28.1 Å². The predicted molar refractivity (Wildman–Crippen MR) is 131 cm³/mol. The minimum Gasteiger partial charge on any atom is -0.466 e. The fourth-order valence-electron chi connectivity index (χ4n) is 4.24. The Bertz CT molecular complexity index is 1650. The molecule has 34 heavy (non-hydrogen) atoms.